The first-order chi connectivity index (χ1) is 17.0. The Morgan fingerprint density at radius 1 is 1.03 bits per heavy atom. The van der Waals surface area contributed by atoms with Crippen LogP contribution >= 0.6 is 0 Å². The maximum atomic E-state index is 12.3. The van der Waals surface area contributed by atoms with Crippen molar-refractivity contribution in [2.45, 2.75) is 17.7 Å². The van der Waals surface area contributed by atoms with Crippen molar-refractivity contribution >= 4 is 27.5 Å². The highest BCUT2D eigenvalue weighted by Gasteiger charge is 2.28. The molecule has 0 spiro atoms. The summed E-state index contributed by atoms with van der Waals surface area (Å²) in [4.78, 5) is 20.9. The van der Waals surface area contributed by atoms with E-state index in [4.69, 9.17) is 9.26 Å². The number of sulfonamides is 1. The minimum atomic E-state index is -3.71. The molecule has 3 heterocycles. The molecule has 1 aliphatic heterocycles. The number of benzene rings is 2. The van der Waals surface area contributed by atoms with Crippen LogP contribution < -0.4 is 5.32 Å². The van der Waals surface area contributed by atoms with E-state index < -0.39 is 16.0 Å². The number of hydrogen-bond acceptors (Lipinski definition) is 9. The number of hydrogen-bond donors (Lipinski definition) is 1. The van der Waals surface area contributed by atoms with Crippen molar-refractivity contribution in [3.8, 4) is 11.4 Å². The van der Waals surface area contributed by atoms with Crippen LogP contribution in [-0.2, 0) is 21.2 Å². The number of aromatic nitrogens is 3. The van der Waals surface area contributed by atoms with Gasteiger partial charge >= 0.3 is 5.97 Å². The fraction of sp³-hybridized carbons (Fsp3) is 0.125. The van der Waals surface area contributed by atoms with Gasteiger partial charge in [0.2, 0.25) is 11.7 Å². The Morgan fingerprint density at radius 2 is 1.86 bits per heavy atom. The molecule has 0 saturated heterocycles. The van der Waals surface area contributed by atoms with Crippen molar-refractivity contribution in [3.05, 3.63) is 90.1 Å². The zero-order chi connectivity index (χ0) is 24.3. The number of esters is 1. The molecule has 1 aliphatic rings. The van der Waals surface area contributed by atoms with E-state index in [9.17, 15) is 13.2 Å². The maximum Gasteiger partial charge on any atom is 0.338 e. The zero-order valence-corrected chi connectivity index (χ0v) is 19.1. The van der Waals surface area contributed by atoms with Gasteiger partial charge in [0.15, 0.2) is 5.84 Å². The number of anilines is 1. The third kappa shape index (κ3) is 4.94. The van der Waals surface area contributed by atoms with Gasteiger partial charge in [0.25, 0.3) is 10.0 Å². The van der Waals surface area contributed by atoms with Gasteiger partial charge in [-0.1, -0.05) is 17.3 Å². The van der Waals surface area contributed by atoms with Crippen molar-refractivity contribution in [1.82, 2.24) is 15.1 Å². The summed E-state index contributed by atoms with van der Waals surface area (Å²) in [6.07, 6.45) is 4.31. The quantitative estimate of drug-likeness (QED) is 0.305. The SMILES string of the molecule is O=C(OCCCc1nc(-c2cccnc2)no1)c1ccc(NC2=NS(=O)(=O)c3ccccc32)cc1. The number of amidine groups is 1. The molecule has 0 amide bonds. The molecule has 5 rings (SSSR count). The molecular formula is C24H19N5O5S. The Hall–Kier alpha value is -4.38. The van der Waals surface area contributed by atoms with Crippen molar-refractivity contribution in [2.24, 2.45) is 4.40 Å². The van der Waals surface area contributed by atoms with Gasteiger partial charge < -0.3 is 14.6 Å². The summed E-state index contributed by atoms with van der Waals surface area (Å²) in [5, 5.41) is 6.93. The Balaban J connectivity index is 1.12. The lowest BCUT2D eigenvalue weighted by Gasteiger charge is -2.08. The summed E-state index contributed by atoms with van der Waals surface area (Å²) in [5.41, 5.74) is 2.23. The van der Waals surface area contributed by atoms with Crippen molar-refractivity contribution in [1.29, 1.82) is 0 Å². The monoisotopic (exact) mass is 489 g/mol. The average molecular weight is 490 g/mol. The van der Waals surface area contributed by atoms with E-state index in [1.165, 1.54) is 6.07 Å². The molecule has 0 fully saturated rings. The van der Waals surface area contributed by atoms with Gasteiger partial charge in [0.05, 0.1) is 12.2 Å². The Morgan fingerprint density at radius 3 is 2.66 bits per heavy atom. The van der Waals surface area contributed by atoms with Gasteiger partial charge in [0.1, 0.15) is 4.90 Å². The fourth-order valence-electron chi connectivity index (χ4n) is 3.46. The van der Waals surface area contributed by atoms with E-state index in [0.717, 1.165) is 5.56 Å². The molecule has 0 bridgehead atoms. The predicted octanol–water partition coefficient (Wildman–Crippen LogP) is 3.48. The van der Waals surface area contributed by atoms with E-state index in [2.05, 4.69) is 24.8 Å². The summed E-state index contributed by atoms with van der Waals surface area (Å²) in [6, 6.07) is 16.7. The van der Waals surface area contributed by atoms with Gasteiger partial charge in [-0.15, -0.1) is 4.40 Å². The third-order valence-electron chi connectivity index (χ3n) is 5.17. The van der Waals surface area contributed by atoms with E-state index in [1.54, 1.807) is 60.9 Å². The second-order valence-corrected chi connectivity index (χ2v) is 9.18. The van der Waals surface area contributed by atoms with E-state index >= 15 is 0 Å². The van der Waals surface area contributed by atoms with Crippen LogP contribution in [0.25, 0.3) is 11.4 Å². The molecule has 10 nitrogen and oxygen atoms in total. The first kappa shape index (κ1) is 22.4. The van der Waals surface area contributed by atoms with Crippen molar-refractivity contribution < 1.29 is 22.5 Å². The molecule has 11 heteroatoms. The Kier molecular flexibility index (Phi) is 6.06. The number of nitrogens with one attached hydrogen (secondary N) is 1. The van der Waals surface area contributed by atoms with E-state index in [1.807, 2.05) is 6.07 Å². The highest BCUT2D eigenvalue weighted by Crippen LogP contribution is 2.26. The Bertz CT molecular complexity index is 1500. The lowest BCUT2D eigenvalue weighted by molar-refractivity contribution is 0.0498. The average Bonchev–Trinajstić information content (AvgIpc) is 3.45. The topological polar surface area (TPSA) is 137 Å². The number of ether oxygens (including phenoxy) is 1. The summed E-state index contributed by atoms with van der Waals surface area (Å²) in [6.45, 7) is 0.189. The summed E-state index contributed by atoms with van der Waals surface area (Å²) in [5.74, 6) is 0.685. The molecule has 35 heavy (non-hydrogen) atoms. The molecule has 0 atom stereocenters. The second-order valence-electron chi connectivity index (χ2n) is 7.61. The maximum absolute atomic E-state index is 12.3. The van der Waals surface area contributed by atoms with Crippen LogP contribution in [0, 0.1) is 0 Å². The summed E-state index contributed by atoms with van der Waals surface area (Å²) >= 11 is 0. The van der Waals surface area contributed by atoms with Crippen molar-refractivity contribution in [2.75, 3.05) is 11.9 Å². The lowest BCUT2D eigenvalue weighted by Crippen LogP contribution is -2.12. The van der Waals surface area contributed by atoms with Crippen LogP contribution in [0.15, 0.2) is 86.9 Å². The molecule has 1 N–H and O–H groups in total. The first-order valence-corrected chi connectivity index (χ1v) is 12.2. The van der Waals surface area contributed by atoms with Crippen molar-refractivity contribution in [3.63, 3.8) is 0 Å². The fourth-order valence-corrected chi connectivity index (χ4v) is 4.64. The normalized spacial score (nSPS) is 13.7. The number of rotatable bonds is 7. The summed E-state index contributed by atoms with van der Waals surface area (Å²) in [7, 11) is -3.71. The van der Waals surface area contributed by atoms with Gasteiger partial charge in [-0.25, -0.2) is 4.79 Å². The first-order valence-electron chi connectivity index (χ1n) is 10.7. The number of pyridine rings is 1. The van der Waals surface area contributed by atoms with Crippen LogP contribution in [0.3, 0.4) is 0 Å². The third-order valence-corrected chi connectivity index (χ3v) is 6.51. The van der Waals surface area contributed by atoms with E-state index in [0.29, 0.717) is 41.4 Å². The number of fused-ring (bicyclic) bond motifs is 1. The standard InChI is InChI=1S/C24H19N5O5S/c30-24(33-14-4-8-21-27-22(28-34-21)17-5-3-13-25-15-17)16-9-11-18(12-10-16)26-23-19-6-1-2-7-20(19)35(31,32)29-23/h1-3,5-7,9-13,15H,4,8,14H2,(H,26,29). The number of aryl methyl sites for hydroxylation is 1. The number of nitrogens with zero attached hydrogens (tertiary/aromatic N) is 4. The van der Waals surface area contributed by atoms with Gasteiger partial charge in [-0.3, -0.25) is 4.98 Å². The van der Waals surface area contributed by atoms with Gasteiger partial charge in [-0.2, -0.15) is 13.4 Å². The lowest BCUT2D eigenvalue weighted by atomic mass is 10.1. The minimum Gasteiger partial charge on any atom is -0.462 e. The van der Waals surface area contributed by atoms with Crippen LogP contribution in [0.2, 0.25) is 0 Å². The molecule has 2 aromatic heterocycles. The highest BCUT2D eigenvalue weighted by molar-refractivity contribution is 7.90. The molecule has 2 aromatic carbocycles. The molecule has 0 radical (unpaired) electrons. The van der Waals surface area contributed by atoms with Crippen LogP contribution in [-0.4, -0.2) is 42.0 Å². The minimum absolute atomic E-state index is 0.163. The molecule has 176 valence electrons. The zero-order valence-electron chi connectivity index (χ0n) is 18.3. The van der Waals surface area contributed by atoms with Gasteiger partial charge in [-0.05, 0) is 55.0 Å². The van der Waals surface area contributed by atoms with Crippen LogP contribution in [0.5, 0.6) is 0 Å². The van der Waals surface area contributed by atoms with Gasteiger partial charge in [0, 0.05) is 35.6 Å². The second kappa shape index (κ2) is 9.47. The predicted molar refractivity (Wildman–Crippen MR) is 126 cm³/mol. The number of carbonyl (C=O) groups is 1. The molecule has 0 saturated carbocycles. The largest absolute Gasteiger partial charge is 0.462 e. The molecule has 4 aromatic rings. The summed E-state index contributed by atoms with van der Waals surface area (Å²) < 4.78 is 38.7. The molecule has 0 unspecified atom stereocenters. The van der Waals surface area contributed by atoms with E-state index in [-0.39, 0.29) is 17.3 Å². The highest BCUT2D eigenvalue weighted by atomic mass is 32.2. The van der Waals surface area contributed by atoms with Crippen LogP contribution in [0.4, 0.5) is 5.69 Å². The molecule has 0 aliphatic carbocycles. The molecular weight excluding hydrogens is 470 g/mol. The number of carbonyl (C=O) groups excluding carboxylic acids is 1. The van der Waals surface area contributed by atoms with Crippen LogP contribution in [0.1, 0.15) is 28.2 Å². The smallest absolute Gasteiger partial charge is 0.338 e. The Labute approximate surface area is 200 Å².